The van der Waals surface area contributed by atoms with E-state index in [1.807, 2.05) is 30.3 Å². The maximum atomic E-state index is 11.5. The predicted molar refractivity (Wildman–Crippen MR) is 77.2 cm³/mol. The molecule has 0 fully saturated rings. The zero-order valence-corrected chi connectivity index (χ0v) is 12.4. The van der Waals surface area contributed by atoms with Gasteiger partial charge in [-0.2, -0.15) is 0 Å². The average molecular weight is 280 g/mol. The van der Waals surface area contributed by atoms with Crippen molar-refractivity contribution >= 4 is 5.97 Å². The minimum atomic E-state index is -0.900. The summed E-state index contributed by atoms with van der Waals surface area (Å²) in [6.45, 7) is 5.44. The minimum absolute atomic E-state index is 0.114. The number of ether oxygens (including phenoxy) is 1. The molecule has 0 saturated carbocycles. The van der Waals surface area contributed by atoms with Crippen LogP contribution in [0.2, 0.25) is 0 Å². The molecule has 2 N–H and O–H groups in total. The number of carbonyl (C=O) groups excluding carboxylic acids is 1. The van der Waals surface area contributed by atoms with Gasteiger partial charge in [-0.1, -0.05) is 30.3 Å². The van der Waals surface area contributed by atoms with E-state index in [4.69, 9.17) is 4.74 Å². The molecule has 0 aliphatic rings. The molecule has 0 aromatic heterocycles. The van der Waals surface area contributed by atoms with Gasteiger partial charge in [-0.15, -0.1) is 0 Å². The second-order valence-electron chi connectivity index (χ2n) is 6.00. The Morgan fingerprint density at radius 2 is 1.75 bits per heavy atom. The van der Waals surface area contributed by atoms with Gasteiger partial charge in [0.05, 0.1) is 24.2 Å². The number of rotatable bonds is 6. The molecule has 4 heteroatoms. The maximum Gasteiger partial charge on any atom is 0.311 e. The Kier molecular flexibility index (Phi) is 6.17. The van der Waals surface area contributed by atoms with Crippen molar-refractivity contribution in [3.05, 3.63) is 35.9 Å². The van der Waals surface area contributed by atoms with Gasteiger partial charge in [0.1, 0.15) is 0 Å². The first kappa shape index (κ1) is 16.7. The molecule has 0 aliphatic heterocycles. The van der Waals surface area contributed by atoms with E-state index >= 15 is 0 Å². The quantitative estimate of drug-likeness (QED) is 0.781. The molecule has 2 atom stereocenters. The van der Waals surface area contributed by atoms with Crippen molar-refractivity contribution in [2.24, 2.45) is 5.41 Å². The fraction of sp³-hybridized carbons (Fsp3) is 0.562. The van der Waals surface area contributed by atoms with E-state index < -0.39 is 17.6 Å². The molecule has 4 nitrogen and oxygen atoms in total. The molecular formula is C16H24O4. The van der Waals surface area contributed by atoms with Crippen molar-refractivity contribution in [3.63, 3.8) is 0 Å². The Morgan fingerprint density at radius 1 is 1.15 bits per heavy atom. The number of benzene rings is 1. The lowest BCUT2D eigenvalue weighted by atomic mass is 9.97. The summed E-state index contributed by atoms with van der Waals surface area (Å²) in [6, 6.07) is 9.47. The highest BCUT2D eigenvalue weighted by molar-refractivity contribution is 5.75. The Hall–Kier alpha value is -1.39. The van der Waals surface area contributed by atoms with Gasteiger partial charge in [-0.25, -0.2) is 0 Å². The second-order valence-corrected chi connectivity index (χ2v) is 6.00. The predicted octanol–water partition coefficient (Wildman–Crippen LogP) is 1.93. The first-order chi connectivity index (χ1) is 9.30. The molecule has 0 saturated heterocycles. The van der Waals surface area contributed by atoms with Crippen molar-refractivity contribution in [3.8, 4) is 0 Å². The van der Waals surface area contributed by atoms with Crippen LogP contribution in [0.25, 0.3) is 0 Å². The highest BCUT2D eigenvalue weighted by Gasteiger charge is 2.24. The van der Waals surface area contributed by atoms with Crippen molar-refractivity contribution in [2.75, 3.05) is 6.61 Å². The molecule has 112 valence electrons. The summed E-state index contributed by atoms with van der Waals surface area (Å²) in [5.74, 6) is -0.303. The van der Waals surface area contributed by atoms with Crippen LogP contribution in [0.3, 0.4) is 0 Å². The van der Waals surface area contributed by atoms with Crippen LogP contribution in [-0.4, -0.2) is 35.0 Å². The van der Waals surface area contributed by atoms with Crippen LogP contribution in [0.4, 0.5) is 0 Å². The molecule has 0 aliphatic carbocycles. The van der Waals surface area contributed by atoms with Gasteiger partial charge < -0.3 is 14.9 Å². The third kappa shape index (κ3) is 5.72. The third-order valence-corrected chi connectivity index (χ3v) is 2.99. The van der Waals surface area contributed by atoms with Gasteiger partial charge in [0.25, 0.3) is 0 Å². The van der Waals surface area contributed by atoms with Crippen LogP contribution in [-0.2, 0) is 16.0 Å². The molecule has 1 rings (SSSR count). The lowest BCUT2D eigenvalue weighted by Crippen LogP contribution is -2.30. The van der Waals surface area contributed by atoms with Crippen LogP contribution in [0.1, 0.15) is 32.8 Å². The first-order valence-electron chi connectivity index (χ1n) is 6.88. The maximum absolute atomic E-state index is 11.5. The Bertz CT molecular complexity index is 408. The number of carbonyl (C=O) groups is 1. The van der Waals surface area contributed by atoms with E-state index in [1.54, 1.807) is 20.8 Å². The van der Waals surface area contributed by atoms with Crippen molar-refractivity contribution in [1.82, 2.24) is 0 Å². The molecule has 1 aromatic carbocycles. The van der Waals surface area contributed by atoms with Gasteiger partial charge in [-0.3, -0.25) is 4.79 Å². The van der Waals surface area contributed by atoms with Crippen LogP contribution in [0, 0.1) is 5.41 Å². The zero-order valence-electron chi connectivity index (χ0n) is 12.4. The second kappa shape index (κ2) is 7.41. The Balaban J connectivity index is 2.32. The standard InChI is InChI=1S/C16H24O4/c1-16(2,3)15(19)20-10-9-13(17)14(18)11-12-7-5-4-6-8-12/h4-8,13-14,17-18H,9-11H2,1-3H3/t13-,14-/m0/s1. The van der Waals surface area contributed by atoms with E-state index in [0.29, 0.717) is 6.42 Å². The Labute approximate surface area is 120 Å². The summed E-state index contributed by atoms with van der Waals surface area (Å²) >= 11 is 0. The summed E-state index contributed by atoms with van der Waals surface area (Å²) < 4.78 is 5.07. The molecule has 0 spiro atoms. The van der Waals surface area contributed by atoms with Crippen LogP contribution < -0.4 is 0 Å². The molecule has 1 aromatic rings. The van der Waals surface area contributed by atoms with Crippen LogP contribution in [0.5, 0.6) is 0 Å². The third-order valence-electron chi connectivity index (χ3n) is 2.99. The zero-order chi connectivity index (χ0) is 15.2. The summed E-state index contributed by atoms with van der Waals surface area (Å²) in [4.78, 5) is 11.5. The van der Waals surface area contributed by atoms with E-state index in [0.717, 1.165) is 5.56 Å². The van der Waals surface area contributed by atoms with E-state index in [-0.39, 0.29) is 19.0 Å². The van der Waals surface area contributed by atoms with Gasteiger partial charge in [0.2, 0.25) is 0 Å². The summed E-state index contributed by atoms with van der Waals surface area (Å²) in [5, 5.41) is 19.8. The van der Waals surface area contributed by atoms with Gasteiger partial charge >= 0.3 is 5.97 Å². The molecular weight excluding hydrogens is 256 g/mol. The van der Waals surface area contributed by atoms with Gasteiger partial charge in [-0.05, 0) is 26.3 Å². The highest BCUT2D eigenvalue weighted by atomic mass is 16.5. The largest absolute Gasteiger partial charge is 0.465 e. The van der Waals surface area contributed by atoms with Crippen molar-refractivity contribution in [2.45, 2.75) is 45.8 Å². The average Bonchev–Trinajstić information content (AvgIpc) is 2.38. The fourth-order valence-corrected chi connectivity index (χ4v) is 1.67. The molecule has 0 heterocycles. The first-order valence-corrected chi connectivity index (χ1v) is 6.88. The smallest absolute Gasteiger partial charge is 0.311 e. The molecule has 0 amide bonds. The number of aliphatic hydroxyl groups excluding tert-OH is 2. The summed E-state index contributed by atoms with van der Waals surface area (Å²) in [5.41, 5.74) is 0.416. The lowest BCUT2D eigenvalue weighted by Gasteiger charge is -2.20. The van der Waals surface area contributed by atoms with E-state index in [2.05, 4.69) is 0 Å². The number of esters is 1. The van der Waals surface area contributed by atoms with Crippen molar-refractivity contribution < 1.29 is 19.7 Å². The van der Waals surface area contributed by atoms with Crippen LogP contribution in [0.15, 0.2) is 30.3 Å². The highest BCUT2D eigenvalue weighted by Crippen LogP contribution is 2.15. The lowest BCUT2D eigenvalue weighted by molar-refractivity contribution is -0.154. The minimum Gasteiger partial charge on any atom is -0.465 e. The monoisotopic (exact) mass is 280 g/mol. The van der Waals surface area contributed by atoms with E-state index in [9.17, 15) is 15.0 Å². The molecule has 0 radical (unpaired) electrons. The summed E-state index contributed by atoms with van der Waals surface area (Å²) in [6.07, 6.45) is -1.14. The van der Waals surface area contributed by atoms with Crippen LogP contribution >= 0.6 is 0 Å². The molecule has 0 bridgehead atoms. The SMILES string of the molecule is CC(C)(C)C(=O)OCC[C@H](O)[C@@H](O)Cc1ccccc1. The van der Waals surface area contributed by atoms with E-state index in [1.165, 1.54) is 0 Å². The number of hydrogen-bond acceptors (Lipinski definition) is 4. The number of aliphatic hydroxyl groups is 2. The van der Waals surface area contributed by atoms with Gasteiger partial charge in [0, 0.05) is 12.8 Å². The number of hydrogen-bond donors (Lipinski definition) is 2. The molecule has 0 unspecified atom stereocenters. The summed E-state index contributed by atoms with van der Waals surface area (Å²) in [7, 11) is 0. The topological polar surface area (TPSA) is 66.8 Å². The Morgan fingerprint density at radius 3 is 2.30 bits per heavy atom. The molecule has 20 heavy (non-hydrogen) atoms. The fourth-order valence-electron chi connectivity index (χ4n) is 1.67. The normalized spacial score (nSPS) is 14.7. The van der Waals surface area contributed by atoms with Gasteiger partial charge in [0.15, 0.2) is 0 Å². The van der Waals surface area contributed by atoms with Crippen molar-refractivity contribution in [1.29, 1.82) is 0 Å².